The molecule has 5 rings (SSSR count). The monoisotopic (exact) mass is 473 g/mol. The average molecular weight is 474 g/mol. The lowest BCUT2D eigenvalue weighted by molar-refractivity contribution is -0.113. The number of thiophene rings is 1. The Hall–Kier alpha value is -2.76. The second-order valence-corrected chi connectivity index (χ2v) is 9.46. The zero-order chi connectivity index (χ0) is 22.2. The molecule has 1 aliphatic heterocycles. The minimum atomic E-state index is -0.372. The summed E-state index contributed by atoms with van der Waals surface area (Å²) >= 11 is 2.58. The van der Waals surface area contributed by atoms with Gasteiger partial charge in [-0.05, 0) is 48.9 Å². The van der Waals surface area contributed by atoms with Gasteiger partial charge < -0.3 is 10.1 Å². The van der Waals surface area contributed by atoms with E-state index in [1.54, 1.807) is 23.6 Å². The summed E-state index contributed by atoms with van der Waals surface area (Å²) < 4.78 is 23.5. The van der Waals surface area contributed by atoms with E-state index in [4.69, 9.17) is 4.74 Å². The Bertz CT molecular complexity index is 1370. The van der Waals surface area contributed by atoms with Crippen LogP contribution in [0.2, 0.25) is 0 Å². The van der Waals surface area contributed by atoms with E-state index in [0.717, 1.165) is 12.8 Å². The summed E-state index contributed by atoms with van der Waals surface area (Å²) in [6.07, 6.45) is 1.85. The Morgan fingerprint density at radius 3 is 3.03 bits per heavy atom. The van der Waals surface area contributed by atoms with E-state index in [2.05, 4.69) is 15.5 Å². The molecular formula is C21H20FN5O3S2. The minimum absolute atomic E-state index is 0.0256. The smallest absolute Gasteiger partial charge is 0.272 e. The number of hydrogen-bond donors (Lipinski definition) is 1. The van der Waals surface area contributed by atoms with Gasteiger partial charge >= 0.3 is 0 Å². The number of ether oxygens (including phenoxy) is 1. The van der Waals surface area contributed by atoms with Crippen molar-refractivity contribution >= 4 is 50.7 Å². The van der Waals surface area contributed by atoms with Gasteiger partial charge in [0.1, 0.15) is 10.5 Å². The van der Waals surface area contributed by atoms with Crippen LogP contribution < -0.4 is 10.9 Å². The topological polar surface area (TPSA) is 90.5 Å². The van der Waals surface area contributed by atoms with Crippen LogP contribution in [-0.2, 0) is 16.1 Å². The van der Waals surface area contributed by atoms with Crippen LogP contribution in [0.25, 0.3) is 16.0 Å². The van der Waals surface area contributed by atoms with Crippen molar-refractivity contribution in [2.75, 3.05) is 17.7 Å². The van der Waals surface area contributed by atoms with Gasteiger partial charge in [0.25, 0.3) is 5.56 Å². The number of halogens is 1. The Morgan fingerprint density at radius 1 is 1.38 bits per heavy atom. The second kappa shape index (κ2) is 8.64. The van der Waals surface area contributed by atoms with Gasteiger partial charge in [-0.25, -0.2) is 4.39 Å². The first kappa shape index (κ1) is 21.1. The van der Waals surface area contributed by atoms with E-state index in [-0.39, 0.29) is 29.1 Å². The maximum absolute atomic E-state index is 13.7. The summed E-state index contributed by atoms with van der Waals surface area (Å²) in [6.45, 7) is 2.78. The fourth-order valence-electron chi connectivity index (χ4n) is 3.75. The minimum Gasteiger partial charge on any atom is -0.376 e. The largest absolute Gasteiger partial charge is 0.376 e. The first-order valence-electron chi connectivity index (χ1n) is 10.2. The summed E-state index contributed by atoms with van der Waals surface area (Å²) in [5.41, 5.74) is 1.52. The molecule has 8 nitrogen and oxygen atoms in total. The van der Waals surface area contributed by atoms with Gasteiger partial charge in [0, 0.05) is 12.3 Å². The molecule has 0 aliphatic carbocycles. The molecule has 1 atom stereocenters. The normalized spacial score (nSPS) is 16.2. The highest BCUT2D eigenvalue weighted by molar-refractivity contribution is 7.99. The lowest BCUT2D eigenvalue weighted by atomic mass is 10.2. The van der Waals surface area contributed by atoms with Crippen molar-refractivity contribution in [3.8, 4) is 0 Å². The van der Waals surface area contributed by atoms with Gasteiger partial charge in [0.05, 0.1) is 23.9 Å². The maximum Gasteiger partial charge on any atom is 0.272 e. The number of benzene rings is 1. The lowest BCUT2D eigenvalue weighted by Crippen LogP contribution is -2.28. The van der Waals surface area contributed by atoms with Crippen molar-refractivity contribution in [1.82, 2.24) is 19.2 Å². The number of amides is 1. The molecule has 0 radical (unpaired) electrons. The third-order valence-electron chi connectivity index (χ3n) is 5.38. The van der Waals surface area contributed by atoms with Crippen molar-refractivity contribution in [2.45, 2.75) is 37.6 Å². The highest BCUT2D eigenvalue weighted by Crippen LogP contribution is 2.25. The van der Waals surface area contributed by atoms with Crippen molar-refractivity contribution in [3.05, 3.63) is 51.4 Å². The van der Waals surface area contributed by atoms with E-state index >= 15 is 0 Å². The van der Waals surface area contributed by atoms with Crippen molar-refractivity contribution in [3.63, 3.8) is 0 Å². The molecule has 11 heteroatoms. The van der Waals surface area contributed by atoms with Crippen molar-refractivity contribution in [2.24, 2.45) is 0 Å². The van der Waals surface area contributed by atoms with Crippen molar-refractivity contribution < 1.29 is 13.9 Å². The Labute approximate surface area is 190 Å². The molecule has 1 aliphatic rings. The fraction of sp³-hybridized carbons (Fsp3) is 0.333. The van der Waals surface area contributed by atoms with Gasteiger partial charge in [-0.15, -0.1) is 21.5 Å². The molecule has 4 aromatic rings. The maximum atomic E-state index is 13.7. The second-order valence-electron chi connectivity index (χ2n) is 7.60. The molecule has 1 fully saturated rings. The Kier molecular flexibility index (Phi) is 5.70. The number of thioether (sulfide) groups is 1. The van der Waals surface area contributed by atoms with Crippen LogP contribution in [0.15, 0.2) is 39.6 Å². The van der Waals surface area contributed by atoms with Crippen LogP contribution >= 0.6 is 23.1 Å². The molecule has 1 N–H and O–H groups in total. The SMILES string of the molecule is Cc1ccc(NC(=O)CSc2nnc3n(C[C@@H]4CCCO4)c(=O)c4sccc4n23)cc1F. The number of aromatic nitrogens is 4. The molecule has 0 saturated carbocycles. The lowest BCUT2D eigenvalue weighted by Gasteiger charge is -2.13. The van der Waals surface area contributed by atoms with E-state index in [0.29, 0.717) is 45.6 Å². The van der Waals surface area contributed by atoms with Crippen LogP contribution in [0, 0.1) is 12.7 Å². The van der Waals surface area contributed by atoms with E-state index in [1.165, 1.54) is 29.2 Å². The average Bonchev–Trinajstić information content (AvgIpc) is 3.52. The zero-order valence-corrected chi connectivity index (χ0v) is 18.8. The molecule has 4 heterocycles. The summed E-state index contributed by atoms with van der Waals surface area (Å²) in [7, 11) is 0. The fourth-order valence-corrected chi connectivity index (χ4v) is 5.31. The zero-order valence-electron chi connectivity index (χ0n) is 17.2. The van der Waals surface area contributed by atoms with Crippen LogP contribution in [0.5, 0.6) is 0 Å². The quantitative estimate of drug-likeness (QED) is 0.432. The van der Waals surface area contributed by atoms with Gasteiger partial charge in [-0.1, -0.05) is 17.8 Å². The first-order valence-corrected chi connectivity index (χ1v) is 12.0. The number of aryl methyl sites for hydroxylation is 1. The highest BCUT2D eigenvalue weighted by atomic mass is 32.2. The van der Waals surface area contributed by atoms with Crippen LogP contribution in [0.4, 0.5) is 10.1 Å². The molecule has 3 aromatic heterocycles. The third-order valence-corrected chi connectivity index (χ3v) is 7.20. The molecule has 1 amide bonds. The molecule has 1 saturated heterocycles. The third kappa shape index (κ3) is 3.91. The summed E-state index contributed by atoms with van der Waals surface area (Å²) in [5, 5.41) is 13.6. The van der Waals surface area contributed by atoms with Gasteiger partial charge in [0.15, 0.2) is 5.16 Å². The summed E-state index contributed by atoms with van der Waals surface area (Å²) in [5.74, 6) is -0.167. The Morgan fingerprint density at radius 2 is 2.25 bits per heavy atom. The number of carbonyl (C=O) groups is 1. The number of carbonyl (C=O) groups excluding carboxylic acids is 1. The molecule has 1 aromatic carbocycles. The van der Waals surface area contributed by atoms with E-state index < -0.39 is 0 Å². The number of nitrogens with zero attached hydrogens (tertiary/aromatic N) is 4. The molecule has 0 unspecified atom stereocenters. The number of rotatable bonds is 6. The highest BCUT2D eigenvalue weighted by Gasteiger charge is 2.23. The predicted octanol–water partition coefficient (Wildman–Crippen LogP) is 3.46. The Balaban J connectivity index is 1.42. The van der Waals surface area contributed by atoms with Crippen LogP contribution in [0.3, 0.4) is 0 Å². The predicted molar refractivity (Wildman–Crippen MR) is 122 cm³/mol. The van der Waals surface area contributed by atoms with E-state index in [9.17, 15) is 14.0 Å². The van der Waals surface area contributed by atoms with Crippen molar-refractivity contribution in [1.29, 1.82) is 0 Å². The van der Waals surface area contributed by atoms with Crippen LogP contribution in [0.1, 0.15) is 18.4 Å². The summed E-state index contributed by atoms with van der Waals surface area (Å²) in [4.78, 5) is 25.5. The number of fused-ring (bicyclic) bond motifs is 3. The number of anilines is 1. The number of nitrogens with one attached hydrogen (secondary N) is 1. The van der Waals surface area contributed by atoms with Gasteiger partial charge in [0.2, 0.25) is 11.7 Å². The molecular weight excluding hydrogens is 453 g/mol. The van der Waals surface area contributed by atoms with Gasteiger partial charge in [-0.2, -0.15) is 0 Å². The first-order chi connectivity index (χ1) is 15.5. The summed E-state index contributed by atoms with van der Waals surface area (Å²) in [6, 6.07) is 6.42. The molecule has 0 spiro atoms. The molecule has 32 heavy (non-hydrogen) atoms. The van der Waals surface area contributed by atoms with Gasteiger partial charge in [-0.3, -0.25) is 18.6 Å². The molecule has 0 bridgehead atoms. The number of hydrogen-bond acceptors (Lipinski definition) is 7. The van der Waals surface area contributed by atoms with Crippen LogP contribution in [-0.4, -0.2) is 43.5 Å². The molecule has 166 valence electrons. The standard InChI is InChI=1S/C21H20FN5O3S2/c1-12-4-5-13(9-15(12)22)23-17(28)11-32-21-25-24-20-26(10-14-3-2-7-30-14)19(29)18-16(27(20)21)6-8-31-18/h4-6,8-9,14H,2-3,7,10-11H2,1H3,(H,23,28)/t14-/m0/s1. The van der Waals surface area contributed by atoms with E-state index in [1.807, 2.05) is 15.8 Å².